The van der Waals surface area contributed by atoms with Gasteiger partial charge in [0.05, 0.1) is 0 Å². The molecule has 200 valence electrons. The number of aliphatic hydroxyl groups is 1. The molecule has 0 saturated heterocycles. The Morgan fingerprint density at radius 3 is 1.81 bits per heavy atom. The Kier molecular flexibility index (Phi) is 8.72. The summed E-state index contributed by atoms with van der Waals surface area (Å²) < 4.78 is 0. The van der Waals surface area contributed by atoms with Gasteiger partial charge in [-0.3, -0.25) is 4.79 Å². The molecule has 3 N–H and O–H groups in total. The molecule has 5 nitrogen and oxygen atoms in total. The topological polar surface area (TPSA) is 86.6 Å². The van der Waals surface area contributed by atoms with Crippen LogP contribution >= 0.6 is 0 Å². The Hall–Kier alpha value is -3.10. The molecule has 0 spiro atoms. The molecule has 0 aliphatic carbocycles. The summed E-state index contributed by atoms with van der Waals surface area (Å²) in [6.07, 6.45) is 1.73. The van der Waals surface area contributed by atoms with Crippen LogP contribution in [-0.4, -0.2) is 33.2 Å². The van der Waals surface area contributed by atoms with E-state index in [1.54, 1.807) is 13.0 Å². The minimum absolute atomic E-state index is 0.256. The van der Waals surface area contributed by atoms with Crippen LogP contribution in [0.2, 0.25) is 0 Å². The third-order valence-electron chi connectivity index (χ3n) is 7.87. The Labute approximate surface area is 222 Å². The van der Waals surface area contributed by atoms with Gasteiger partial charge in [0.15, 0.2) is 0 Å². The minimum Gasteiger partial charge on any atom is -0.480 e. The molecule has 2 rings (SSSR count). The van der Waals surface area contributed by atoms with Crippen molar-refractivity contribution in [3.63, 3.8) is 0 Å². The molecule has 2 aromatic carbocycles. The second-order valence-electron chi connectivity index (χ2n) is 11.8. The average molecular weight is 506 g/mol. The fraction of sp³-hybridized carbons (Fsp3) is 0.500. The highest BCUT2D eigenvalue weighted by molar-refractivity contribution is 5.98. The molecular formula is C32H43NO4. The number of rotatable bonds is 7. The first-order chi connectivity index (χ1) is 16.9. The van der Waals surface area contributed by atoms with Crippen LogP contribution in [0.1, 0.15) is 106 Å². The normalized spacial score (nSPS) is 13.8. The third-order valence-corrected chi connectivity index (χ3v) is 7.87. The molecule has 1 atom stereocenters. The standard InChI is InChI=1S/C32H43NO4/c1-11-32(12-2,24-14-13-23(21(3)19-24)17-18-31(10,37)29(5,6)7)25-15-16-26(22(4)20-25)27(34)33-30(8,9)28(35)36/h13-16,19-20,37H,11-12H2,1-10H3,(H,33,34)(H,35,36). The van der Waals surface area contributed by atoms with Crippen LogP contribution in [-0.2, 0) is 10.2 Å². The van der Waals surface area contributed by atoms with Crippen LogP contribution in [0.5, 0.6) is 0 Å². The first-order valence-corrected chi connectivity index (χ1v) is 13.0. The lowest BCUT2D eigenvalue weighted by molar-refractivity contribution is -0.143. The van der Waals surface area contributed by atoms with E-state index in [9.17, 15) is 19.8 Å². The van der Waals surface area contributed by atoms with E-state index in [0.29, 0.717) is 5.56 Å². The molecule has 0 bridgehead atoms. The lowest BCUT2D eigenvalue weighted by atomic mass is 9.69. The fourth-order valence-electron chi connectivity index (χ4n) is 4.33. The molecule has 2 aromatic rings. The number of aliphatic carboxylic acids is 1. The molecule has 1 amide bonds. The lowest BCUT2D eigenvalue weighted by Crippen LogP contribution is -2.49. The van der Waals surface area contributed by atoms with E-state index in [1.165, 1.54) is 19.4 Å². The van der Waals surface area contributed by atoms with E-state index in [-0.39, 0.29) is 10.8 Å². The molecular weight excluding hydrogens is 462 g/mol. The predicted molar refractivity (Wildman–Crippen MR) is 150 cm³/mol. The van der Waals surface area contributed by atoms with Gasteiger partial charge in [0.2, 0.25) is 0 Å². The fourth-order valence-corrected chi connectivity index (χ4v) is 4.33. The van der Waals surface area contributed by atoms with Gasteiger partial charge in [-0.05, 0) is 81.8 Å². The third kappa shape index (κ3) is 6.25. The second kappa shape index (κ2) is 10.7. The van der Waals surface area contributed by atoms with Crippen LogP contribution in [0.15, 0.2) is 36.4 Å². The zero-order chi connectivity index (χ0) is 28.4. The maximum atomic E-state index is 12.8. The molecule has 1 unspecified atom stereocenters. The van der Waals surface area contributed by atoms with Crippen LogP contribution in [0.4, 0.5) is 0 Å². The first-order valence-electron chi connectivity index (χ1n) is 13.0. The number of amides is 1. The number of hydrogen-bond donors (Lipinski definition) is 3. The summed E-state index contributed by atoms with van der Waals surface area (Å²) in [5.74, 6) is 4.75. The van der Waals surface area contributed by atoms with Gasteiger partial charge in [-0.15, -0.1) is 0 Å². The molecule has 0 aromatic heterocycles. The van der Waals surface area contributed by atoms with E-state index in [4.69, 9.17) is 0 Å². The summed E-state index contributed by atoms with van der Waals surface area (Å²) in [5, 5.41) is 22.7. The van der Waals surface area contributed by atoms with Crippen molar-refractivity contribution in [2.24, 2.45) is 5.41 Å². The summed E-state index contributed by atoms with van der Waals surface area (Å²) in [7, 11) is 0. The van der Waals surface area contributed by atoms with Crippen molar-refractivity contribution in [1.82, 2.24) is 5.32 Å². The van der Waals surface area contributed by atoms with E-state index in [2.05, 4.69) is 43.1 Å². The van der Waals surface area contributed by atoms with Crippen molar-refractivity contribution < 1.29 is 19.8 Å². The highest BCUT2D eigenvalue weighted by Gasteiger charge is 2.34. The lowest BCUT2D eigenvalue weighted by Gasteiger charge is -2.34. The maximum absolute atomic E-state index is 12.8. The van der Waals surface area contributed by atoms with Crippen LogP contribution in [0.3, 0.4) is 0 Å². The zero-order valence-corrected chi connectivity index (χ0v) is 24.1. The van der Waals surface area contributed by atoms with Crippen molar-refractivity contribution >= 4 is 11.9 Å². The van der Waals surface area contributed by atoms with E-state index in [0.717, 1.165) is 35.1 Å². The van der Waals surface area contributed by atoms with Gasteiger partial charge < -0.3 is 15.5 Å². The number of benzene rings is 2. The highest BCUT2D eigenvalue weighted by Crippen LogP contribution is 2.40. The van der Waals surface area contributed by atoms with Crippen LogP contribution in [0, 0.1) is 31.1 Å². The van der Waals surface area contributed by atoms with E-state index < -0.39 is 23.0 Å². The van der Waals surface area contributed by atoms with Crippen molar-refractivity contribution in [1.29, 1.82) is 0 Å². The van der Waals surface area contributed by atoms with Gasteiger partial charge in [0.25, 0.3) is 5.91 Å². The van der Waals surface area contributed by atoms with Crippen molar-refractivity contribution in [2.75, 3.05) is 0 Å². The molecule has 0 radical (unpaired) electrons. The molecule has 0 aliphatic rings. The van der Waals surface area contributed by atoms with Gasteiger partial charge in [-0.1, -0.05) is 70.7 Å². The SMILES string of the molecule is CCC(CC)(c1ccc(C#CC(C)(O)C(C)(C)C)c(C)c1)c1ccc(C(=O)NC(C)(C)C(=O)O)c(C)c1. The van der Waals surface area contributed by atoms with Gasteiger partial charge in [-0.25, -0.2) is 4.79 Å². The molecule has 0 saturated carbocycles. The van der Waals surface area contributed by atoms with Gasteiger partial charge in [0, 0.05) is 22.0 Å². The Balaban J connectivity index is 2.49. The zero-order valence-electron chi connectivity index (χ0n) is 24.1. The summed E-state index contributed by atoms with van der Waals surface area (Å²) in [6.45, 7) is 18.8. The van der Waals surface area contributed by atoms with Gasteiger partial charge in [-0.2, -0.15) is 0 Å². The predicted octanol–water partition coefficient (Wildman–Crippen LogP) is 6.15. The Bertz CT molecular complexity index is 1230. The minimum atomic E-state index is -1.36. The number of hydrogen-bond acceptors (Lipinski definition) is 3. The van der Waals surface area contributed by atoms with Crippen molar-refractivity contribution in [3.05, 3.63) is 69.8 Å². The Morgan fingerprint density at radius 2 is 1.38 bits per heavy atom. The molecule has 5 heteroatoms. The molecule has 0 fully saturated rings. The number of carbonyl (C=O) groups excluding carboxylic acids is 1. The number of nitrogens with one attached hydrogen (secondary N) is 1. The van der Waals surface area contributed by atoms with Gasteiger partial charge >= 0.3 is 5.97 Å². The number of carboxylic acid groups (broad SMARTS) is 1. The average Bonchev–Trinajstić information content (AvgIpc) is 2.78. The van der Waals surface area contributed by atoms with E-state index in [1.807, 2.05) is 52.8 Å². The smallest absolute Gasteiger partial charge is 0.328 e. The summed E-state index contributed by atoms with van der Waals surface area (Å²) in [4.78, 5) is 24.3. The number of carbonyl (C=O) groups is 2. The number of aryl methyl sites for hydroxylation is 2. The maximum Gasteiger partial charge on any atom is 0.328 e. The second-order valence-corrected chi connectivity index (χ2v) is 11.8. The van der Waals surface area contributed by atoms with E-state index >= 15 is 0 Å². The summed E-state index contributed by atoms with van der Waals surface area (Å²) in [6, 6.07) is 12.1. The first kappa shape index (κ1) is 30.1. The molecule has 0 aliphatic heterocycles. The van der Waals surface area contributed by atoms with Crippen LogP contribution < -0.4 is 5.32 Å². The Morgan fingerprint density at radius 1 is 0.865 bits per heavy atom. The van der Waals surface area contributed by atoms with Crippen molar-refractivity contribution in [2.45, 2.75) is 98.6 Å². The summed E-state index contributed by atoms with van der Waals surface area (Å²) in [5.41, 5.74) is 2.39. The highest BCUT2D eigenvalue weighted by atomic mass is 16.4. The monoisotopic (exact) mass is 505 g/mol. The quantitative estimate of drug-likeness (QED) is 0.394. The number of carboxylic acids is 1. The largest absolute Gasteiger partial charge is 0.480 e. The van der Waals surface area contributed by atoms with Crippen molar-refractivity contribution in [3.8, 4) is 11.8 Å². The van der Waals surface area contributed by atoms with Crippen LogP contribution in [0.25, 0.3) is 0 Å². The molecule has 0 heterocycles. The summed E-state index contributed by atoms with van der Waals surface area (Å²) >= 11 is 0. The molecule has 37 heavy (non-hydrogen) atoms. The van der Waals surface area contributed by atoms with Gasteiger partial charge in [0.1, 0.15) is 11.1 Å².